The molecule has 8 nitrogen and oxygen atoms in total. The quantitative estimate of drug-likeness (QED) is 0.463. The zero-order chi connectivity index (χ0) is 19.1. The average Bonchev–Trinajstić information content (AvgIpc) is 2.65. The zero-order valence-electron chi connectivity index (χ0n) is 14.5. The van der Waals surface area contributed by atoms with Gasteiger partial charge in [-0.15, -0.1) is 0 Å². The lowest BCUT2D eigenvalue weighted by Gasteiger charge is -2.14. The summed E-state index contributed by atoms with van der Waals surface area (Å²) in [6.07, 6.45) is 2.59. The number of nitrogens with zero attached hydrogens (tertiary/aromatic N) is 1. The van der Waals surface area contributed by atoms with Gasteiger partial charge in [0.25, 0.3) is 5.69 Å². The normalized spacial score (nSPS) is 10.4. The van der Waals surface area contributed by atoms with Crippen molar-refractivity contribution in [3.8, 4) is 17.2 Å². The highest BCUT2D eigenvalue weighted by Gasteiger charge is 2.14. The second-order valence-corrected chi connectivity index (χ2v) is 5.05. The molecule has 0 unspecified atom stereocenters. The lowest BCUT2D eigenvalue weighted by molar-refractivity contribution is -0.385. The van der Waals surface area contributed by atoms with Gasteiger partial charge in [0, 0.05) is 30.0 Å². The van der Waals surface area contributed by atoms with Crippen molar-refractivity contribution in [2.24, 2.45) is 0 Å². The third kappa shape index (κ3) is 4.29. The fraction of sp³-hybridized carbons (Fsp3) is 0.167. The van der Waals surface area contributed by atoms with Crippen molar-refractivity contribution in [1.82, 2.24) is 0 Å². The van der Waals surface area contributed by atoms with Crippen LogP contribution in [-0.2, 0) is 4.79 Å². The molecule has 0 bridgehead atoms. The zero-order valence-corrected chi connectivity index (χ0v) is 14.5. The third-order valence-corrected chi connectivity index (χ3v) is 3.48. The summed E-state index contributed by atoms with van der Waals surface area (Å²) in [5, 5.41) is 13.6. The van der Waals surface area contributed by atoms with Crippen molar-refractivity contribution >= 4 is 23.4 Å². The highest BCUT2D eigenvalue weighted by atomic mass is 16.6. The average molecular weight is 358 g/mol. The molecule has 2 aromatic rings. The van der Waals surface area contributed by atoms with Gasteiger partial charge in [-0.05, 0) is 12.1 Å². The molecule has 136 valence electrons. The predicted octanol–water partition coefficient (Wildman–Crippen LogP) is 3.27. The fourth-order valence-corrected chi connectivity index (χ4v) is 2.30. The van der Waals surface area contributed by atoms with Gasteiger partial charge in [0.15, 0.2) is 11.5 Å². The Labute approximate surface area is 150 Å². The van der Waals surface area contributed by atoms with E-state index in [0.717, 1.165) is 0 Å². The monoisotopic (exact) mass is 358 g/mol. The molecule has 1 amide bonds. The Morgan fingerprint density at radius 3 is 2.23 bits per heavy atom. The van der Waals surface area contributed by atoms with Gasteiger partial charge >= 0.3 is 0 Å². The summed E-state index contributed by atoms with van der Waals surface area (Å²) in [7, 11) is 4.42. The Morgan fingerprint density at radius 1 is 1.08 bits per heavy atom. The minimum Gasteiger partial charge on any atom is -0.493 e. The molecule has 0 radical (unpaired) electrons. The van der Waals surface area contributed by atoms with E-state index in [4.69, 9.17) is 14.2 Å². The van der Waals surface area contributed by atoms with Gasteiger partial charge in [0.1, 0.15) is 0 Å². The van der Waals surface area contributed by atoms with Crippen LogP contribution in [0.15, 0.2) is 42.5 Å². The number of carbonyl (C=O) groups is 1. The van der Waals surface area contributed by atoms with Crippen LogP contribution in [0.3, 0.4) is 0 Å². The molecule has 0 spiro atoms. The number of carbonyl (C=O) groups excluding carboxylic acids is 1. The molecular formula is C18H18N2O6. The third-order valence-electron chi connectivity index (χ3n) is 3.48. The van der Waals surface area contributed by atoms with Crippen LogP contribution in [0, 0.1) is 10.1 Å². The molecule has 0 saturated heterocycles. The summed E-state index contributed by atoms with van der Waals surface area (Å²) in [5.41, 5.74) is 0.679. The SMILES string of the molecule is COc1cc(NC(=O)/C=C/c2ccccc2[N+](=O)[O-])cc(OC)c1OC. The number of para-hydroxylation sites is 1. The number of nitro groups is 1. The van der Waals surface area contributed by atoms with Gasteiger partial charge < -0.3 is 19.5 Å². The number of nitrogens with one attached hydrogen (secondary N) is 1. The van der Waals surface area contributed by atoms with Crippen LogP contribution >= 0.6 is 0 Å². The van der Waals surface area contributed by atoms with Crippen molar-refractivity contribution in [2.45, 2.75) is 0 Å². The summed E-state index contributed by atoms with van der Waals surface area (Å²) < 4.78 is 15.7. The molecule has 0 aliphatic carbocycles. The molecule has 2 aromatic carbocycles. The van der Waals surface area contributed by atoms with Gasteiger partial charge in [0.05, 0.1) is 31.8 Å². The Bertz CT molecular complexity index is 822. The van der Waals surface area contributed by atoms with Gasteiger partial charge in [-0.25, -0.2) is 0 Å². The lowest BCUT2D eigenvalue weighted by Crippen LogP contribution is -2.08. The second-order valence-electron chi connectivity index (χ2n) is 5.05. The van der Waals surface area contributed by atoms with E-state index < -0.39 is 10.8 Å². The molecule has 0 saturated carbocycles. The van der Waals surface area contributed by atoms with Crippen molar-refractivity contribution in [1.29, 1.82) is 0 Å². The first-order valence-electron chi connectivity index (χ1n) is 7.52. The number of hydrogen-bond acceptors (Lipinski definition) is 6. The standard InChI is InChI=1S/C18H18N2O6/c1-24-15-10-13(11-16(25-2)18(15)26-3)19-17(21)9-8-12-6-4-5-7-14(12)20(22)23/h4-11H,1-3H3,(H,19,21)/b9-8+. The molecule has 0 fully saturated rings. The number of hydrogen-bond donors (Lipinski definition) is 1. The molecule has 0 aliphatic heterocycles. The van der Waals surface area contributed by atoms with Crippen molar-refractivity contribution in [3.63, 3.8) is 0 Å². The summed E-state index contributed by atoms with van der Waals surface area (Å²) in [6.45, 7) is 0. The first kappa shape index (κ1) is 18.8. The smallest absolute Gasteiger partial charge is 0.276 e. The van der Waals surface area contributed by atoms with E-state index in [1.54, 1.807) is 30.3 Å². The Morgan fingerprint density at radius 2 is 1.69 bits per heavy atom. The summed E-state index contributed by atoms with van der Waals surface area (Å²) in [5.74, 6) is 0.732. The molecule has 0 atom stereocenters. The number of amides is 1. The fourth-order valence-electron chi connectivity index (χ4n) is 2.30. The van der Waals surface area contributed by atoms with Gasteiger partial charge in [-0.3, -0.25) is 14.9 Å². The topological polar surface area (TPSA) is 99.9 Å². The van der Waals surface area contributed by atoms with Crippen LogP contribution in [0.2, 0.25) is 0 Å². The van der Waals surface area contributed by atoms with Crippen LogP contribution in [0.4, 0.5) is 11.4 Å². The number of ether oxygens (including phenoxy) is 3. The van der Waals surface area contributed by atoms with Gasteiger partial charge in [0.2, 0.25) is 11.7 Å². The minimum atomic E-state index is -0.503. The minimum absolute atomic E-state index is 0.0793. The number of anilines is 1. The number of nitro benzene ring substituents is 1. The maximum Gasteiger partial charge on any atom is 0.276 e. The first-order valence-corrected chi connectivity index (χ1v) is 7.52. The highest BCUT2D eigenvalue weighted by Crippen LogP contribution is 2.39. The summed E-state index contributed by atoms with van der Waals surface area (Å²) in [4.78, 5) is 22.6. The van der Waals surface area contributed by atoms with E-state index >= 15 is 0 Å². The van der Waals surface area contributed by atoms with Crippen LogP contribution < -0.4 is 19.5 Å². The molecule has 1 N–H and O–H groups in total. The molecule has 8 heteroatoms. The number of methoxy groups -OCH3 is 3. The van der Waals surface area contributed by atoms with E-state index in [1.807, 2.05) is 0 Å². The van der Waals surface area contributed by atoms with E-state index in [-0.39, 0.29) is 5.69 Å². The number of benzene rings is 2. The Kier molecular flexibility index (Phi) is 6.15. The van der Waals surface area contributed by atoms with Crippen molar-refractivity contribution in [2.75, 3.05) is 26.6 Å². The molecule has 26 heavy (non-hydrogen) atoms. The van der Waals surface area contributed by atoms with Crippen LogP contribution in [0.5, 0.6) is 17.2 Å². The van der Waals surface area contributed by atoms with E-state index in [0.29, 0.717) is 28.5 Å². The van der Waals surface area contributed by atoms with Gasteiger partial charge in [-0.2, -0.15) is 0 Å². The number of rotatable bonds is 7. The summed E-state index contributed by atoms with van der Waals surface area (Å²) >= 11 is 0. The Hall–Kier alpha value is -3.55. The van der Waals surface area contributed by atoms with E-state index in [2.05, 4.69) is 5.32 Å². The van der Waals surface area contributed by atoms with Crippen LogP contribution in [0.1, 0.15) is 5.56 Å². The largest absolute Gasteiger partial charge is 0.493 e. The molecule has 0 heterocycles. The summed E-state index contributed by atoms with van der Waals surface area (Å²) in [6, 6.07) is 9.31. The van der Waals surface area contributed by atoms with Crippen molar-refractivity contribution < 1.29 is 23.9 Å². The highest BCUT2D eigenvalue weighted by molar-refractivity contribution is 6.02. The lowest BCUT2D eigenvalue weighted by atomic mass is 10.1. The molecular weight excluding hydrogens is 340 g/mol. The maximum absolute atomic E-state index is 12.1. The first-order chi connectivity index (χ1) is 12.5. The second kappa shape index (κ2) is 8.52. The van der Waals surface area contributed by atoms with Gasteiger partial charge in [-0.1, -0.05) is 12.1 Å². The maximum atomic E-state index is 12.1. The Balaban J connectivity index is 2.22. The van der Waals surface area contributed by atoms with E-state index in [9.17, 15) is 14.9 Å². The molecule has 2 rings (SSSR count). The van der Waals surface area contributed by atoms with Crippen LogP contribution in [-0.4, -0.2) is 32.2 Å². The molecule has 0 aromatic heterocycles. The molecule has 0 aliphatic rings. The predicted molar refractivity (Wildman–Crippen MR) is 96.9 cm³/mol. The van der Waals surface area contributed by atoms with Crippen LogP contribution in [0.25, 0.3) is 6.08 Å². The van der Waals surface area contributed by atoms with Crippen molar-refractivity contribution in [3.05, 3.63) is 58.2 Å². The van der Waals surface area contributed by atoms with E-state index in [1.165, 1.54) is 39.5 Å².